The molecular weight excluding hydrogens is 398 g/mol. The van der Waals surface area contributed by atoms with Gasteiger partial charge in [0.05, 0.1) is 16.8 Å². The molecule has 3 fully saturated rings. The van der Waals surface area contributed by atoms with Crippen molar-refractivity contribution in [2.75, 3.05) is 37.6 Å². The number of hydrogen-bond acceptors (Lipinski definition) is 7. The SMILES string of the molecule is NC1CCN(CC2CN(c3cccc4c3C(=O)N(C3CCC(=O)NC3=O)C4=O)C2)CC1. The zero-order valence-electron chi connectivity index (χ0n) is 17.4. The minimum Gasteiger partial charge on any atom is -0.370 e. The van der Waals surface area contributed by atoms with Gasteiger partial charge in [-0.25, -0.2) is 0 Å². The van der Waals surface area contributed by atoms with Gasteiger partial charge < -0.3 is 15.5 Å². The highest BCUT2D eigenvalue weighted by Gasteiger charge is 2.46. The van der Waals surface area contributed by atoms with Gasteiger partial charge in [-0.05, 0) is 44.5 Å². The third-order valence-corrected chi connectivity index (χ3v) is 6.89. The van der Waals surface area contributed by atoms with Crippen LogP contribution in [0.3, 0.4) is 0 Å². The van der Waals surface area contributed by atoms with E-state index in [9.17, 15) is 19.2 Å². The van der Waals surface area contributed by atoms with Gasteiger partial charge >= 0.3 is 0 Å². The van der Waals surface area contributed by atoms with E-state index in [1.54, 1.807) is 12.1 Å². The number of nitrogens with zero attached hydrogens (tertiary/aromatic N) is 3. The maximum atomic E-state index is 13.2. The molecule has 1 aromatic rings. The molecule has 3 saturated heterocycles. The van der Waals surface area contributed by atoms with Crippen molar-refractivity contribution in [2.45, 2.75) is 37.8 Å². The molecule has 4 aliphatic rings. The average molecular weight is 425 g/mol. The summed E-state index contributed by atoms with van der Waals surface area (Å²) in [6, 6.07) is 4.67. The maximum Gasteiger partial charge on any atom is 0.264 e. The topological polar surface area (TPSA) is 116 Å². The van der Waals surface area contributed by atoms with Crippen LogP contribution in [0.15, 0.2) is 18.2 Å². The number of carbonyl (C=O) groups excluding carboxylic acids is 4. The molecule has 0 bridgehead atoms. The quantitative estimate of drug-likeness (QED) is 0.650. The predicted molar refractivity (Wildman–Crippen MR) is 112 cm³/mol. The molecule has 164 valence electrons. The van der Waals surface area contributed by atoms with Gasteiger partial charge in [0.2, 0.25) is 11.8 Å². The highest BCUT2D eigenvalue weighted by molar-refractivity contribution is 6.25. The van der Waals surface area contributed by atoms with Crippen LogP contribution in [0.1, 0.15) is 46.4 Å². The number of nitrogens with one attached hydrogen (secondary N) is 1. The number of hydrogen-bond donors (Lipinski definition) is 2. The van der Waals surface area contributed by atoms with E-state index in [4.69, 9.17) is 5.73 Å². The summed E-state index contributed by atoms with van der Waals surface area (Å²) in [5.41, 5.74) is 7.45. The van der Waals surface area contributed by atoms with E-state index in [1.807, 2.05) is 6.07 Å². The minimum atomic E-state index is -0.937. The zero-order chi connectivity index (χ0) is 21.7. The first kappa shape index (κ1) is 20.1. The third kappa shape index (κ3) is 3.51. The first-order chi connectivity index (χ1) is 14.9. The highest BCUT2D eigenvalue weighted by Crippen LogP contribution is 2.37. The van der Waals surface area contributed by atoms with Gasteiger partial charge in [0.1, 0.15) is 6.04 Å². The molecule has 3 N–H and O–H groups in total. The van der Waals surface area contributed by atoms with E-state index in [0.29, 0.717) is 23.1 Å². The molecule has 31 heavy (non-hydrogen) atoms. The fraction of sp³-hybridized carbons (Fsp3) is 0.545. The first-order valence-electron chi connectivity index (χ1n) is 11.0. The Morgan fingerprint density at radius 2 is 1.74 bits per heavy atom. The van der Waals surface area contributed by atoms with Crippen LogP contribution >= 0.6 is 0 Å². The molecule has 4 heterocycles. The van der Waals surface area contributed by atoms with Crippen molar-refractivity contribution in [3.8, 4) is 0 Å². The van der Waals surface area contributed by atoms with Crippen molar-refractivity contribution in [1.82, 2.24) is 15.1 Å². The van der Waals surface area contributed by atoms with Crippen LogP contribution in [-0.4, -0.2) is 78.2 Å². The van der Waals surface area contributed by atoms with Gasteiger partial charge in [0, 0.05) is 38.0 Å². The first-order valence-corrected chi connectivity index (χ1v) is 11.0. The van der Waals surface area contributed by atoms with E-state index in [2.05, 4.69) is 15.1 Å². The highest BCUT2D eigenvalue weighted by atomic mass is 16.2. The summed E-state index contributed by atoms with van der Waals surface area (Å²) in [6.07, 6.45) is 2.35. The number of rotatable bonds is 4. The number of piperidine rings is 2. The van der Waals surface area contributed by atoms with Gasteiger partial charge in [-0.15, -0.1) is 0 Å². The van der Waals surface area contributed by atoms with Crippen molar-refractivity contribution in [3.05, 3.63) is 29.3 Å². The van der Waals surface area contributed by atoms with E-state index in [0.717, 1.165) is 56.2 Å². The smallest absolute Gasteiger partial charge is 0.264 e. The number of nitrogens with two attached hydrogens (primary N) is 1. The standard InChI is InChI=1S/C22H27N5O4/c23-14-6-8-25(9-7-14)10-13-11-26(12-13)16-3-1-2-15-19(16)22(31)27(21(15)30)17-4-5-18(28)24-20(17)29/h1-3,13-14,17H,4-12,23H2,(H,24,28,29). The Hall–Kier alpha value is -2.78. The second-order valence-electron chi connectivity index (χ2n) is 9.06. The van der Waals surface area contributed by atoms with Crippen LogP contribution in [0.25, 0.3) is 0 Å². The molecule has 1 aromatic carbocycles. The van der Waals surface area contributed by atoms with E-state index in [-0.39, 0.29) is 18.7 Å². The van der Waals surface area contributed by atoms with E-state index < -0.39 is 23.8 Å². The molecule has 0 radical (unpaired) electrons. The summed E-state index contributed by atoms with van der Waals surface area (Å²) < 4.78 is 0. The summed E-state index contributed by atoms with van der Waals surface area (Å²) in [6.45, 7) is 4.75. The van der Waals surface area contributed by atoms with Gasteiger partial charge in [-0.1, -0.05) is 6.07 Å². The number of amides is 4. The number of likely N-dealkylation sites (tertiary alicyclic amines) is 1. The minimum absolute atomic E-state index is 0.117. The number of carbonyl (C=O) groups is 4. The lowest BCUT2D eigenvalue weighted by Crippen LogP contribution is -2.54. The molecule has 0 aliphatic carbocycles. The molecule has 5 rings (SSSR count). The molecule has 0 saturated carbocycles. The molecule has 4 aliphatic heterocycles. The lowest BCUT2D eigenvalue weighted by Gasteiger charge is -2.44. The Labute approximate surface area is 180 Å². The number of imide groups is 2. The zero-order valence-corrected chi connectivity index (χ0v) is 17.4. The number of fused-ring (bicyclic) bond motifs is 1. The van der Waals surface area contributed by atoms with Crippen molar-refractivity contribution < 1.29 is 19.2 Å². The second kappa shape index (κ2) is 7.72. The Kier molecular flexibility index (Phi) is 5.02. The Bertz CT molecular complexity index is 949. The predicted octanol–water partition coefficient (Wildman–Crippen LogP) is -0.0529. The van der Waals surface area contributed by atoms with Gasteiger partial charge in [-0.2, -0.15) is 0 Å². The summed E-state index contributed by atoms with van der Waals surface area (Å²) in [7, 11) is 0. The monoisotopic (exact) mass is 425 g/mol. The largest absolute Gasteiger partial charge is 0.370 e. The van der Waals surface area contributed by atoms with Crippen molar-refractivity contribution in [2.24, 2.45) is 11.7 Å². The van der Waals surface area contributed by atoms with E-state index in [1.165, 1.54) is 0 Å². The fourth-order valence-electron chi connectivity index (χ4n) is 5.14. The third-order valence-electron chi connectivity index (χ3n) is 6.89. The van der Waals surface area contributed by atoms with Crippen molar-refractivity contribution in [3.63, 3.8) is 0 Å². The molecule has 9 heteroatoms. The van der Waals surface area contributed by atoms with Crippen LogP contribution in [-0.2, 0) is 9.59 Å². The van der Waals surface area contributed by atoms with Crippen LogP contribution in [0.5, 0.6) is 0 Å². The summed E-state index contributed by atoms with van der Waals surface area (Å²) >= 11 is 0. The van der Waals surface area contributed by atoms with Crippen molar-refractivity contribution >= 4 is 29.3 Å². The molecule has 0 aromatic heterocycles. The van der Waals surface area contributed by atoms with Crippen LogP contribution in [0.4, 0.5) is 5.69 Å². The molecule has 0 spiro atoms. The molecule has 1 atom stereocenters. The summed E-state index contributed by atoms with van der Waals surface area (Å²) in [4.78, 5) is 55.6. The van der Waals surface area contributed by atoms with E-state index >= 15 is 0 Å². The average Bonchev–Trinajstić information content (AvgIpc) is 2.97. The maximum absolute atomic E-state index is 13.2. The van der Waals surface area contributed by atoms with Crippen LogP contribution < -0.4 is 16.0 Å². The van der Waals surface area contributed by atoms with Gasteiger partial charge in [0.15, 0.2) is 0 Å². The lowest BCUT2D eigenvalue weighted by molar-refractivity contribution is -0.136. The summed E-state index contributed by atoms with van der Waals surface area (Å²) in [5, 5.41) is 2.23. The Morgan fingerprint density at radius 1 is 1.00 bits per heavy atom. The normalized spacial score (nSPS) is 25.6. The van der Waals surface area contributed by atoms with Gasteiger partial charge in [-0.3, -0.25) is 29.4 Å². The lowest BCUT2D eigenvalue weighted by atomic mass is 9.95. The Morgan fingerprint density at radius 3 is 2.45 bits per heavy atom. The second-order valence-corrected chi connectivity index (χ2v) is 9.06. The molecular formula is C22H27N5O4. The number of anilines is 1. The fourth-order valence-corrected chi connectivity index (χ4v) is 5.14. The Balaban J connectivity index is 1.29. The van der Waals surface area contributed by atoms with Gasteiger partial charge in [0.25, 0.3) is 11.8 Å². The molecule has 1 unspecified atom stereocenters. The van der Waals surface area contributed by atoms with Crippen molar-refractivity contribution in [1.29, 1.82) is 0 Å². The molecule has 4 amide bonds. The summed E-state index contributed by atoms with van der Waals surface area (Å²) in [5.74, 6) is -1.35. The van der Waals surface area contributed by atoms with Crippen LogP contribution in [0, 0.1) is 5.92 Å². The number of benzene rings is 1. The van der Waals surface area contributed by atoms with Crippen LogP contribution in [0.2, 0.25) is 0 Å². The molecule has 9 nitrogen and oxygen atoms in total.